The normalized spacial score (nSPS) is 9.90. The molecule has 21 heavy (non-hydrogen) atoms. The molecule has 0 aromatic heterocycles. The first kappa shape index (κ1) is 16.5. The van der Waals surface area contributed by atoms with Gasteiger partial charge in [0.1, 0.15) is 0 Å². The third kappa shape index (κ3) is 5.16. The number of hydrogen-bond acceptors (Lipinski definition) is 0. The molecule has 0 aliphatic rings. The van der Waals surface area contributed by atoms with Gasteiger partial charge in [-0.25, -0.2) is 0 Å². The lowest BCUT2D eigenvalue weighted by Gasteiger charge is -2.17. The minimum absolute atomic E-state index is 0.612. The van der Waals surface area contributed by atoms with Crippen molar-refractivity contribution < 1.29 is 13.2 Å². The van der Waals surface area contributed by atoms with E-state index in [9.17, 15) is 13.2 Å². The SMILES string of the molecule is C#CC#CC#CC#C[Si](C)(C)c1cccc(C(F)(F)F)c1. The first-order valence-corrected chi connectivity index (χ1v) is 8.93. The summed E-state index contributed by atoms with van der Waals surface area (Å²) in [6, 6.07) is 5.28. The van der Waals surface area contributed by atoms with Crippen LogP contribution in [-0.4, -0.2) is 8.07 Å². The first-order chi connectivity index (χ1) is 9.77. The van der Waals surface area contributed by atoms with Gasteiger partial charge in [-0.1, -0.05) is 31.3 Å². The molecule has 0 fully saturated rings. The van der Waals surface area contributed by atoms with Crippen LogP contribution in [0.15, 0.2) is 24.3 Å². The average Bonchev–Trinajstić information content (AvgIpc) is 2.42. The van der Waals surface area contributed by atoms with Gasteiger partial charge in [0.2, 0.25) is 0 Å². The van der Waals surface area contributed by atoms with Crippen LogP contribution in [-0.2, 0) is 6.18 Å². The molecule has 1 aromatic carbocycles. The lowest BCUT2D eigenvalue weighted by molar-refractivity contribution is -0.137. The molecular weight excluding hydrogens is 289 g/mol. The topological polar surface area (TPSA) is 0 Å². The van der Waals surface area contributed by atoms with E-state index in [4.69, 9.17) is 6.42 Å². The van der Waals surface area contributed by atoms with E-state index in [2.05, 4.69) is 41.1 Å². The molecule has 1 aromatic rings. The predicted molar refractivity (Wildman–Crippen MR) is 80.7 cm³/mol. The molecule has 0 N–H and O–H groups in total. The third-order valence-corrected chi connectivity index (χ3v) is 5.11. The highest BCUT2D eigenvalue weighted by molar-refractivity contribution is 6.96. The van der Waals surface area contributed by atoms with Gasteiger partial charge >= 0.3 is 6.18 Å². The van der Waals surface area contributed by atoms with Crippen molar-refractivity contribution in [1.82, 2.24) is 0 Å². The highest BCUT2D eigenvalue weighted by Crippen LogP contribution is 2.28. The van der Waals surface area contributed by atoms with E-state index in [1.165, 1.54) is 6.07 Å². The van der Waals surface area contributed by atoms with Crippen LogP contribution in [0.2, 0.25) is 13.1 Å². The molecule has 0 saturated carbocycles. The van der Waals surface area contributed by atoms with Crippen molar-refractivity contribution in [3.8, 4) is 47.5 Å². The molecule has 0 bridgehead atoms. The van der Waals surface area contributed by atoms with E-state index in [1.807, 2.05) is 13.1 Å². The summed E-state index contributed by atoms with van der Waals surface area (Å²) in [5, 5.41) is 0.612. The van der Waals surface area contributed by atoms with E-state index >= 15 is 0 Å². The zero-order valence-electron chi connectivity index (χ0n) is 11.5. The van der Waals surface area contributed by atoms with E-state index < -0.39 is 19.8 Å². The number of hydrogen-bond donors (Lipinski definition) is 0. The molecule has 4 heteroatoms. The third-order valence-electron chi connectivity index (χ3n) is 2.61. The van der Waals surface area contributed by atoms with Gasteiger partial charge in [-0.05, 0) is 46.8 Å². The Balaban J connectivity index is 3.06. The maximum absolute atomic E-state index is 12.7. The zero-order valence-corrected chi connectivity index (χ0v) is 12.5. The van der Waals surface area contributed by atoms with Gasteiger partial charge in [-0.15, -0.1) is 12.0 Å². The Hall–Kier alpha value is -2.53. The number of halogens is 3. The first-order valence-electron chi connectivity index (χ1n) is 5.93. The Morgan fingerprint density at radius 1 is 1.00 bits per heavy atom. The van der Waals surface area contributed by atoms with Crippen LogP contribution in [0.25, 0.3) is 0 Å². The van der Waals surface area contributed by atoms with E-state index in [0.29, 0.717) is 5.19 Å². The lowest BCUT2D eigenvalue weighted by Crippen LogP contribution is -2.40. The second-order valence-electron chi connectivity index (χ2n) is 4.60. The fourth-order valence-corrected chi connectivity index (χ4v) is 3.02. The van der Waals surface area contributed by atoms with Crippen molar-refractivity contribution in [3.63, 3.8) is 0 Å². The van der Waals surface area contributed by atoms with Crippen LogP contribution >= 0.6 is 0 Å². The minimum Gasteiger partial charge on any atom is -0.166 e. The van der Waals surface area contributed by atoms with Gasteiger partial charge < -0.3 is 0 Å². The summed E-state index contributed by atoms with van der Waals surface area (Å²) in [6.07, 6.45) is 0.577. The maximum atomic E-state index is 12.7. The molecule has 1 rings (SSSR count). The summed E-state index contributed by atoms with van der Waals surface area (Å²) in [7, 11) is -2.31. The Labute approximate surface area is 123 Å². The monoisotopic (exact) mass is 300 g/mol. The van der Waals surface area contributed by atoms with Crippen molar-refractivity contribution in [2.24, 2.45) is 0 Å². The average molecular weight is 300 g/mol. The van der Waals surface area contributed by atoms with Crippen molar-refractivity contribution >= 4 is 13.3 Å². The molecule has 104 valence electrons. The Bertz CT molecular complexity index is 745. The quantitative estimate of drug-likeness (QED) is 0.553. The standard InChI is InChI=1S/C17H11F3Si/c1-4-5-6-7-8-9-13-21(2,3)16-12-10-11-15(14-16)17(18,19)20/h1,10-12,14H,2-3H3. The van der Waals surface area contributed by atoms with Crippen molar-refractivity contribution in [1.29, 1.82) is 0 Å². The zero-order chi connectivity index (χ0) is 15.9. The molecule has 0 atom stereocenters. The molecule has 0 radical (unpaired) electrons. The fraction of sp³-hybridized carbons (Fsp3) is 0.176. The van der Waals surface area contributed by atoms with Crippen molar-refractivity contribution in [3.05, 3.63) is 29.8 Å². The van der Waals surface area contributed by atoms with E-state index in [1.54, 1.807) is 6.07 Å². The summed E-state index contributed by atoms with van der Waals surface area (Å²) in [5.41, 5.74) is 2.30. The summed E-state index contributed by atoms with van der Waals surface area (Å²) >= 11 is 0. The Morgan fingerprint density at radius 3 is 2.24 bits per heavy atom. The molecule has 0 heterocycles. The maximum Gasteiger partial charge on any atom is 0.416 e. The molecule has 0 unspecified atom stereocenters. The van der Waals surface area contributed by atoms with Gasteiger partial charge in [0, 0.05) is 0 Å². The van der Waals surface area contributed by atoms with Gasteiger partial charge in [-0.3, -0.25) is 0 Å². The van der Waals surface area contributed by atoms with Crippen LogP contribution in [0.4, 0.5) is 13.2 Å². The molecule has 0 spiro atoms. The fourth-order valence-electron chi connectivity index (χ4n) is 1.47. The van der Waals surface area contributed by atoms with Gasteiger partial charge in [-0.2, -0.15) is 13.2 Å². The van der Waals surface area contributed by atoms with Crippen LogP contribution < -0.4 is 5.19 Å². The number of alkyl halides is 3. The van der Waals surface area contributed by atoms with Crippen molar-refractivity contribution in [2.75, 3.05) is 0 Å². The van der Waals surface area contributed by atoms with Gasteiger partial charge in [0.25, 0.3) is 0 Å². The molecule has 0 nitrogen and oxygen atoms in total. The Morgan fingerprint density at radius 2 is 1.62 bits per heavy atom. The Kier molecular flexibility index (Phi) is 5.32. The minimum atomic E-state index is -4.35. The van der Waals surface area contributed by atoms with Gasteiger partial charge in [0.15, 0.2) is 8.07 Å². The highest BCUT2D eigenvalue weighted by Gasteiger charge is 2.32. The van der Waals surface area contributed by atoms with E-state index in [-0.39, 0.29) is 0 Å². The number of rotatable bonds is 1. The largest absolute Gasteiger partial charge is 0.416 e. The van der Waals surface area contributed by atoms with Crippen LogP contribution in [0.1, 0.15) is 5.56 Å². The van der Waals surface area contributed by atoms with Crippen molar-refractivity contribution in [2.45, 2.75) is 19.3 Å². The van der Waals surface area contributed by atoms with Gasteiger partial charge in [0.05, 0.1) is 5.56 Å². The van der Waals surface area contributed by atoms with E-state index in [0.717, 1.165) is 12.1 Å². The summed E-state index contributed by atoms with van der Waals surface area (Å²) in [6.45, 7) is 3.73. The molecular formula is C17H11F3Si. The second-order valence-corrected chi connectivity index (χ2v) is 8.68. The van der Waals surface area contributed by atoms with Crippen LogP contribution in [0.5, 0.6) is 0 Å². The molecule has 0 saturated heterocycles. The number of terminal acetylenes is 1. The second kappa shape index (κ2) is 6.76. The summed E-state index contributed by atoms with van der Waals surface area (Å²) in [5.74, 6) is 14.5. The lowest BCUT2D eigenvalue weighted by atomic mass is 10.2. The number of benzene rings is 1. The smallest absolute Gasteiger partial charge is 0.166 e. The molecule has 0 amide bonds. The summed E-state index contributed by atoms with van der Waals surface area (Å²) < 4.78 is 38.1. The molecule has 0 aliphatic heterocycles. The molecule has 0 aliphatic carbocycles. The predicted octanol–water partition coefficient (Wildman–Crippen LogP) is 2.80. The van der Waals surface area contributed by atoms with Crippen LogP contribution in [0, 0.1) is 47.5 Å². The van der Waals surface area contributed by atoms with Crippen LogP contribution in [0.3, 0.4) is 0 Å². The highest BCUT2D eigenvalue weighted by atomic mass is 28.3. The summed E-state index contributed by atoms with van der Waals surface area (Å²) in [4.78, 5) is 0.